The molecule has 0 aromatic heterocycles. The lowest BCUT2D eigenvalue weighted by atomic mass is 10.2. The van der Waals surface area contributed by atoms with Gasteiger partial charge in [0.05, 0.1) is 23.8 Å². The van der Waals surface area contributed by atoms with Crippen LogP contribution in [0.25, 0.3) is 0 Å². The number of benzene rings is 1. The molecule has 0 saturated carbocycles. The van der Waals surface area contributed by atoms with E-state index in [2.05, 4.69) is 6.92 Å². The fourth-order valence-electron chi connectivity index (χ4n) is 2.58. The molecule has 5 heteroatoms. The average Bonchev–Trinajstić information content (AvgIpc) is 2.64. The number of hydrogen-bond donors (Lipinski definition) is 0. The number of carbonyl (C=O) groups is 1. The zero-order chi connectivity index (χ0) is 19.0. The first-order chi connectivity index (χ1) is 12.7. The number of methoxy groups -OCH3 is 1. The monoisotopic (exact) mass is 384 g/mol. The van der Waals surface area contributed by atoms with E-state index < -0.39 is 0 Å². The van der Waals surface area contributed by atoms with Crippen molar-refractivity contribution in [3.8, 4) is 5.75 Å². The average molecular weight is 385 g/mol. The molecule has 0 radical (unpaired) electrons. The summed E-state index contributed by atoms with van der Waals surface area (Å²) in [5.74, 6) is 0.284. The molecule has 1 rings (SSSR count). The van der Waals surface area contributed by atoms with Gasteiger partial charge in [-0.25, -0.2) is 4.79 Å². The molecule has 0 amide bonds. The number of hydrogen-bond acceptors (Lipinski definition) is 4. The molecule has 4 nitrogen and oxygen atoms in total. The molecule has 0 bridgehead atoms. The molecule has 0 aliphatic rings. The van der Waals surface area contributed by atoms with Gasteiger partial charge in [0.15, 0.2) is 0 Å². The SMILES string of the molecule is CCCCCCCOc1ccc(C(=O)OCCCCCCOC)cc1Cl. The summed E-state index contributed by atoms with van der Waals surface area (Å²) in [4.78, 5) is 12.1. The standard InChI is InChI=1S/C21H33ClO4/c1-3-4-5-6-10-15-25-20-13-12-18(17-19(20)22)21(23)26-16-11-8-7-9-14-24-2/h12-13,17H,3-11,14-16H2,1-2H3. The van der Waals surface area contributed by atoms with Crippen molar-refractivity contribution in [1.29, 1.82) is 0 Å². The molecule has 26 heavy (non-hydrogen) atoms. The number of ether oxygens (including phenoxy) is 3. The Labute approximate surface area is 163 Å². The van der Waals surface area contributed by atoms with Crippen LogP contribution in [0, 0.1) is 0 Å². The zero-order valence-corrected chi connectivity index (χ0v) is 17.0. The fourth-order valence-corrected chi connectivity index (χ4v) is 2.82. The second-order valence-electron chi connectivity index (χ2n) is 6.45. The van der Waals surface area contributed by atoms with Crippen LogP contribution >= 0.6 is 11.6 Å². The normalized spacial score (nSPS) is 10.7. The van der Waals surface area contributed by atoms with E-state index in [0.717, 1.165) is 38.7 Å². The Morgan fingerprint density at radius 1 is 0.923 bits per heavy atom. The molecule has 0 heterocycles. The van der Waals surface area contributed by atoms with Crippen LogP contribution in [0.2, 0.25) is 5.02 Å². The van der Waals surface area contributed by atoms with Crippen molar-refractivity contribution in [3.63, 3.8) is 0 Å². The number of esters is 1. The van der Waals surface area contributed by atoms with Gasteiger partial charge in [-0.2, -0.15) is 0 Å². The third-order valence-electron chi connectivity index (χ3n) is 4.15. The maximum absolute atomic E-state index is 12.1. The van der Waals surface area contributed by atoms with Crippen molar-refractivity contribution in [2.24, 2.45) is 0 Å². The Balaban J connectivity index is 2.26. The number of rotatable bonds is 15. The lowest BCUT2D eigenvalue weighted by Gasteiger charge is -2.10. The Hall–Kier alpha value is -1.26. The van der Waals surface area contributed by atoms with E-state index in [1.807, 2.05) is 0 Å². The maximum Gasteiger partial charge on any atom is 0.338 e. The van der Waals surface area contributed by atoms with E-state index in [1.165, 1.54) is 25.7 Å². The molecule has 0 N–H and O–H groups in total. The number of unbranched alkanes of at least 4 members (excludes halogenated alkanes) is 7. The van der Waals surface area contributed by atoms with Crippen molar-refractivity contribution in [2.75, 3.05) is 26.9 Å². The molecule has 0 unspecified atom stereocenters. The van der Waals surface area contributed by atoms with Gasteiger partial charge in [-0.3, -0.25) is 0 Å². The summed E-state index contributed by atoms with van der Waals surface area (Å²) < 4.78 is 16.0. The highest BCUT2D eigenvalue weighted by molar-refractivity contribution is 6.32. The predicted molar refractivity (Wildman–Crippen MR) is 106 cm³/mol. The summed E-state index contributed by atoms with van der Waals surface area (Å²) in [6.45, 7) is 4.06. The minimum Gasteiger partial charge on any atom is -0.492 e. The predicted octanol–water partition coefficient (Wildman–Crippen LogP) is 6.05. The number of halogens is 1. The van der Waals surface area contributed by atoms with E-state index in [-0.39, 0.29) is 5.97 Å². The van der Waals surface area contributed by atoms with Gasteiger partial charge in [0.2, 0.25) is 0 Å². The highest BCUT2D eigenvalue weighted by Gasteiger charge is 2.10. The third-order valence-corrected chi connectivity index (χ3v) is 4.44. The lowest BCUT2D eigenvalue weighted by molar-refractivity contribution is 0.0497. The van der Waals surface area contributed by atoms with Crippen LogP contribution in [0.15, 0.2) is 18.2 Å². The first kappa shape index (κ1) is 22.8. The number of carbonyl (C=O) groups excluding carboxylic acids is 1. The van der Waals surface area contributed by atoms with Gasteiger partial charge >= 0.3 is 5.97 Å². The van der Waals surface area contributed by atoms with Gasteiger partial charge < -0.3 is 14.2 Å². The maximum atomic E-state index is 12.1. The van der Waals surface area contributed by atoms with Gasteiger partial charge in [0.1, 0.15) is 5.75 Å². The molecule has 1 aromatic carbocycles. The summed E-state index contributed by atoms with van der Waals surface area (Å²) >= 11 is 6.22. The van der Waals surface area contributed by atoms with E-state index >= 15 is 0 Å². The summed E-state index contributed by atoms with van der Waals surface area (Å²) in [6, 6.07) is 5.07. The molecular weight excluding hydrogens is 352 g/mol. The smallest absolute Gasteiger partial charge is 0.338 e. The highest BCUT2D eigenvalue weighted by atomic mass is 35.5. The van der Waals surface area contributed by atoms with Crippen LogP contribution in [0.3, 0.4) is 0 Å². The van der Waals surface area contributed by atoms with Crippen LogP contribution in [-0.4, -0.2) is 32.9 Å². The van der Waals surface area contributed by atoms with Crippen LogP contribution in [-0.2, 0) is 9.47 Å². The molecule has 0 fully saturated rings. The van der Waals surface area contributed by atoms with Crippen molar-refractivity contribution in [1.82, 2.24) is 0 Å². The summed E-state index contributed by atoms with van der Waals surface area (Å²) in [5.41, 5.74) is 0.463. The second kappa shape index (κ2) is 14.9. The molecule has 0 spiro atoms. The molecule has 0 aliphatic heterocycles. The third kappa shape index (κ3) is 10.0. The minimum atomic E-state index is -0.338. The van der Waals surface area contributed by atoms with E-state index in [1.54, 1.807) is 25.3 Å². The van der Waals surface area contributed by atoms with Crippen molar-refractivity contribution in [2.45, 2.75) is 64.7 Å². The summed E-state index contributed by atoms with van der Waals surface area (Å²) in [6.07, 6.45) is 9.95. The summed E-state index contributed by atoms with van der Waals surface area (Å²) in [5, 5.41) is 0.451. The van der Waals surface area contributed by atoms with Crippen LogP contribution in [0.1, 0.15) is 75.1 Å². The molecule has 0 atom stereocenters. The van der Waals surface area contributed by atoms with E-state index in [0.29, 0.717) is 29.5 Å². The van der Waals surface area contributed by atoms with Gasteiger partial charge in [-0.1, -0.05) is 50.6 Å². The Kier molecular flexibility index (Phi) is 13.0. The van der Waals surface area contributed by atoms with Gasteiger partial charge in [0.25, 0.3) is 0 Å². The van der Waals surface area contributed by atoms with E-state index in [4.69, 9.17) is 25.8 Å². The zero-order valence-electron chi connectivity index (χ0n) is 16.2. The first-order valence-electron chi connectivity index (χ1n) is 9.77. The van der Waals surface area contributed by atoms with Crippen LogP contribution in [0.5, 0.6) is 5.75 Å². The van der Waals surface area contributed by atoms with Gasteiger partial charge in [-0.05, 0) is 43.9 Å². The van der Waals surface area contributed by atoms with Crippen molar-refractivity contribution in [3.05, 3.63) is 28.8 Å². The van der Waals surface area contributed by atoms with E-state index in [9.17, 15) is 4.79 Å². The quantitative estimate of drug-likeness (QED) is 0.272. The Bertz CT molecular complexity index is 505. The fraction of sp³-hybridized carbons (Fsp3) is 0.667. The minimum absolute atomic E-state index is 0.338. The Morgan fingerprint density at radius 3 is 2.23 bits per heavy atom. The first-order valence-corrected chi connectivity index (χ1v) is 10.1. The molecule has 1 aromatic rings. The van der Waals surface area contributed by atoms with Gasteiger partial charge in [0, 0.05) is 13.7 Å². The largest absolute Gasteiger partial charge is 0.492 e. The van der Waals surface area contributed by atoms with Crippen molar-refractivity contribution < 1.29 is 19.0 Å². The molecule has 0 aliphatic carbocycles. The van der Waals surface area contributed by atoms with Crippen LogP contribution < -0.4 is 4.74 Å². The topological polar surface area (TPSA) is 44.8 Å². The molecule has 148 valence electrons. The van der Waals surface area contributed by atoms with Crippen molar-refractivity contribution >= 4 is 17.6 Å². The second-order valence-corrected chi connectivity index (χ2v) is 6.86. The lowest BCUT2D eigenvalue weighted by Crippen LogP contribution is -2.07. The highest BCUT2D eigenvalue weighted by Crippen LogP contribution is 2.26. The van der Waals surface area contributed by atoms with Crippen LogP contribution in [0.4, 0.5) is 0 Å². The molecular formula is C21H33ClO4. The Morgan fingerprint density at radius 2 is 1.58 bits per heavy atom. The van der Waals surface area contributed by atoms with Gasteiger partial charge in [-0.15, -0.1) is 0 Å². The molecule has 0 saturated heterocycles. The summed E-state index contributed by atoms with van der Waals surface area (Å²) in [7, 11) is 1.71.